The number of nitrogens with one attached hydrogen (secondary N) is 1. The first kappa shape index (κ1) is 16.7. The van der Waals surface area contributed by atoms with Crippen molar-refractivity contribution >= 4 is 11.7 Å². The highest BCUT2D eigenvalue weighted by Crippen LogP contribution is 2.30. The van der Waals surface area contributed by atoms with E-state index in [0.717, 1.165) is 36.3 Å². The summed E-state index contributed by atoms with van der Waals surface area (Å²) in [6, 6.07) is 7.46. The van der Waals surface area contributed by atoms with Crippen LogP contribution in [0.3, 0.4) is 0 Å². The maximum Gasteiger partial charge on any atom is 0.321 e. The van der Waals surface area contributed by atoms with Crippen molar-refractivity contribution in [2.45, 2.75) is 39.0 Å². The molecule has 0 radical (unpaired) electrons. The molecule has 1 saturated carbocycles. The highest BCUT2D eigenvalue weighted by Gasteiger charge is 2.17. The van der Waals surface area contributed by atoms with E-state index in [9.17, 15) is 4.79 Å². The number of anilines is 1. The normalized spacial score (nSPS) is 21.2. The van der Waals surface area contributed by atoms with Crippen LogP contribution in [0.4, 0.5) is 10.5 Å². The molecule has 0 aliphatic heterocycles. The lowest BCUT2D eigenvalue weighted by Crippen LogP contribution is -2.27. The van der Waals surface area contributed by atoms with Crippen LogP contribution >= 0.6 is 0 Å². The summed E-state index contributed by atoms with van der Waals surface area (Å²) < 4.78 is 5.85. The Bertz CT molecular complexity index is 480. The van der Waals surface area contributed by atoms with E-state index in [2.05, 4.69) is 12.2 Å². The molecule has 1 aliphatic carbocycles. The number of carbonyl (C=O) groups is 1. The van der Waals surface area contributed by atoms with Gasteiger partial charge in [-0.3, -0.25) is 0 Å². The molecule has 4 nitrogen and oxygen atoms in total. The van der Waals surface area contributed by atoms with Gasteiger partial charge in [0, 0.05) is 25.8 Å². The van der Waals surface area contributed by atoms with Gasteiger partial charge in [-0.2, -0.15) is 0 Å². The average molecular weight is 304 g/mol. The Morgan fingerprint density at radius 2 is 2.00 bits per heavy atom. The second-order valence-electron chi connectivity index (χ2n) is 6.62. The minimum Gasteiger partial charge on any atom is -0.494 e. The van der Waals surface area contributed by atoms with Crippen molar-refractivity contribution in [3.8, 4) is 5.75 Å². The third-order valence-corrected chi connectivity index (χ3v) is 4.42. The molecule has 0 bridgehead atoms. The number of benzene rings is 1. The van der Waals surface area contributed by atoms with Crippen LogP contribution in [-0.2, 0) is 0 Å². The molecule has 22 heavy (non-hydrogen) atoms. The molecule has 0 heterocycles. The van der Waals surface area contributed by atoms with Crippen molar-refractivity contribution in [2.24, 2.45) is 11.8 Å². The fourth-order valence-electron chi connectivity index (χ4n) is 2.86. The zero-order valence-electron chi connectivity index (χ0n) is 14.0. The SMILES string of the molecule is CC1CCC(CCOc2cccc(NC(=O)N(C)C)c2)CC1. The molecule has 1 aliphatic rings. The van der Waals surface area contributed by atoms with E-state index in [1.165, 1.54) is 30.6 Å². The zero-order chi connectivity index (χ0) is 15.9. The average Bonchev–Trinajstić information content (AvgIpc) is 2.49. The third-order valence-electron chi connectivity index (χ3n) is 4.42. The van der Waals surface area contributed by atoms with Gasteiger partial charge in [0.15, 0.2) is 0 Å². The quantitative estimate of drug-likeness (QED) is 0.877. The number of nitrogens with zero attached hydrogens (tertiary/aromatic N) is 1. The minimum absolute atomic E-state index is 0.131. The first-order valence-corrected chi connectivity index (χ1v) is 8.25. The fraction of sp³-hybridized carbons (Fsp3) is 0.611. The van der Waals surface area contributed by atoms with Gasteiger partial charge in [0.25, 0.3) is 0 Å². The van der Waals surface area contributed by atoms with Gasteiger partial charge in [-0.05, 0) is 30.4 Å². The molecule has 1 aromatic rings. The summed E-state index contributed by atoms with van der Waals surface area (Å²) in [5, 5.41) is 2.83. The standard InChI is InChI=1S/C18H28N2O2/c1-14-7-9-15(10-8-14)11-12-22-17-6-4-5-16(13-17)19-18(21)20(2)3/h4-6,13-15H,7-12H2,1-3H3,(H,19,21). The number of ether oxygens (including phenoxy) is 1. The Balaban J connectivity index is 1.77. The topological polar surface area (TPSA) is 41.6 Å². The number of carbonyl (C=O) groups excluding carboxylic acids is 1. The molecule has 0 spiro atoms. The van der Waals surface area contributed by atoms with Crippen molar-refractivity contribution in [2.75, 3.05) is 26.0 Å². The number of urea groups is 1. The first-order valence-electron chi connectivity index (χ1n) is 8.25. The van der Waals surface area contributed by atoms with E-state index < -0.39 is 0 Å². The van der Waals surface area contributed by atoms with Crippen LogP contribution in [0.2, 0.25) is 0 Å². The van der Waals surface area contributed by atoms with Gasteiger partial charge in [-0.25, -0.2) is 4.79 Å². The van der Waals surface area contributed by atoms with Crippen LogP contribution in [0.15, 0.2) is 24.3 Å². The Kier molecular flexibility index (Phi) is 6.10. The van der Waals surface area contributed by atoms with E-state index >= 15 is 0 Å². The van der Waals surface area contributed by atoms with E-state index in [0.29, 0.717) is 0 Å². The molecule has 0 atom stereocenters. The summed E-state index contributed by atoms with van der Waals surface area (Å²) in [6.45, 7) is 3.10. The maximum atomic E-state index is 11.6. The van der Waals surface area contributed by atoms with Gasteiger partial charge in [-0.15, -0.1) is 0 Å². The lowest BCUT2D eigenvalue weighted by atomic mass is 9.82. The first-order chi connectivity index (χ1) is 10.5. The lowest BCUT2D eigenvalue weighted by molar-refractivity contribution is 0.223. The number of hydrogen-bond donors (Lipinski definition) is 1. The van der Waals surface area contributed by atoms with Crippen LogP contribution in [-0.4, -0.2) is 31.6 Å². The Labute approximate surface area is 133 Å². The smallest absolute Gasteiger partial charge is 0.321 e. The molecule has 0 saturated heterocycles. The van der Waals surface area contributed by atoms with E-state index in [4.69, 9.17) is 4.74 Å². The van der Waals surface area contributed by atoms with E-state index in [1.807, 2.05) is 24.3 Å². The van der Waals surface area contributed by atoms with Gasteiger partial charge in [0.1, 0.15) is 5.75 Å². The van der Waals surface area contributed by atoms with E-state index in [-0.39, 0.29) is 6.03 Å². The van der Waals surface area contributed by atoms with Crippen LogP contribution in [0.1, 0.15) is 39.0 Å². The zero-order valence-corrected chi connectivity index (χ0v) is 14.0. The Morgan fingerprint density at radius 1 is 1.27 bits per heavy atom. The summed E-state index contributed by atoms with van der Waals surface area (Å²) in [7, 11) is 3.45. The second kappa shape index (κ2) is 8.06. The number of rotatable bonds is 5. The molecule has 2 rings (SSSR count). The molecule has 0 aromatic heterocycles. The molecule has 122 valence electrons. The summed E-state index contributed by atoms with van der Waals surface area (Å²) in [5.41, 5.74) is 0.766. The molecule has 0 unspecified atom stereocenters. The minimum atomic E-state index is -0.131. The van der Waals surface area contributed by atoms with Crippen LogP contribution in [0.5, 0.6) is 5.75 Å². The van der Waals surface area contributed by atoms with Crippen molar-refractivity contribution < 1.29 is 9.53 Å². The van der Waals surface area contributed by atoms with Crippen molar-refractivity contribution in [1.29, 1.82) is 0 Å². The molecule has 1 N–H and O–H groups in total. The van der Waals surface area contributed by atoms with E-state index in [1.54, 1.807) is 14.1 Å². The predicted molar refractivity (Wildman–Crippen MR) is 90.4 cm³/mol. The fourth-order valence-corrected chi connectivity index (χ4v) is 2.86. The van der Waals surface area contributed by atoms with Crippen molar-refractivity contribution in [3.05, 3.63) is 24.3 Å². The highest BCUT2D eigenvalue weighted by atomic mass is 16.5. The maximum absolute atomic E-state index is 11.6. The monoisotopic (exact) mass is 304 g/mol. The van der Waals surface area contributed by atoms with Gasteiger partial charge >= 0.3 is 6.03 Å². The largest absolute Gasteiger partial charge is 0.494 e. The summed E-state index contributed by atoms with van der Waals surface area (Å²) in [4.78, 5) is 13.2. The lowest BCUT2D eigenvalue weighted by Gasteiger charge is -2.26. The number of hydrogen-bond acceptors (Lipinski definition) is 2. The van der Waals surface area contributed by atoms with Gasteiger partial charge in [-0.1, -0.05) is 38.7 Å². The van der Waals surface area contributed by atoms with Crippen LogP contribution in [0.25, 0.3) is 0 Å². The van der Waals surface area contributed by atoms with Crippen molar-refractivity contribution in [3.63, 3.8) is 0 Å². The third kappa shape index (κ3) is 5.24. The summed E-state index contributed by atoms with van der Waals surface area (Å²) in [6.07, 6.45) is 6.52. The number of amides is 2. The summed E-state index contributed by atoms with van der Waals surface area (Å²) in [5.74, 6) is 2.53. The molecule has 1 aromatic carbocycles. The van der Waals surface area contributed by atoms with Crippen LogP contribution < -0.4 is 10.1 Å². The predicted octanol–water partition coefficient (Wildman–Crippen LogP) is 4.38. The van der Waals surface area contributed by atoms with Crippen molar-refractivity contribution in [1.82, 2.24) is 4.90 Å². The molecular formula is C18H28N2O2. The highest BCUT2D eigenvalue weighted by molar-refractivity contribution is 5.89. The molecular weight excluding hydrogens is 276 g/mol. The second-order valence-corrected chi connectivity index (χ2v) is 6.62. The summed E-state index contributed by atoms with van der Waals surface area (Å²) >= 11 is 0. The molecule has 4 heteroatoms. The van der Waals surface area contributed by atoms with Gasteiger partial charge < -0.3 is 15.0 Å². The van der Waals surface area contributed by atoms with Gasteiger partial charge in [0.2, 0.25) is 0 Å². The molecule has 1 fully saturated rings. The Morgan fingerprint density at radius 3 is 2.68 bits per heavy atom. The molecule has 2 amide bonds. The Hall–Kier alpha value is -1.71. The van der Waals surface area contributed by atoms with Gasteiger partial charge in [0.05, 0.1) is 6.61 Å². The van der Waals surface area contributed by atoms with Crippen LogP contribution in [0, 0.1) is 11.8 Å².